The Morgan fingerprint density at radius 3 is 2.20 bits per heavy atom. The Morgan fingerprint density at radius 1 is 0.880 bits per heavy atom. The van der Waals surface area contributed by atoms with Crippen molar-refractivity contribution in [3.8, 4) is 28.5 Å². The third-order valence-corrected chi connectivity index (χ3v) is 3.43. The lowest BCUT2D eigenvalue weighted by Crippen LogP contribution is -2.20. The van der Waals surface area contributed by atoms with Crippen molar-refractivity contribution in [2.75, 3.05) is 6.61 Å². The Bertz CT molecular complexity index is 855. The van der Waals surface area contributed by atoms with E-state index in [0.29, 0.717) is 16.1 Å². The van der Waals surface area contributed by atoms with Crippen LogP contribution in [-0.4, -0.2) is 28.0 Å². The first kappa shape index (κ1) is 17.2. The molecule has 0 amide bonds. The van der Waals surface area contributed by atoms with Gasteiger partial charge in [0.05, 0.1) is 0 Å². The van der Waals surface area contributed by atoms with Gasteiger partial charge < -0.3 is 4.74 Å². The van der Waals surface area contributed by atoms with Gasteiger partial charge >= 0.3 is 6.18 Å². The lowest BCUT2D eigenvalue weighted by atomic mass is 10.1. The number of hydrogen-bond acceptors (Lipinski definition) is 4. The van der Waals surface area contributed by atoms with Crippen molar-refractivity contribution in [3.63, 3.8) is 0 Å². The van der Waals surface area contributed by atoms with Crippen LogP contribution in [0.2, 0.25) is 5.02 Å². The van der Waals surface area contributed by atoms with Gasteiger partial charge in [-0.15, -0.1) is 10.2 Å². The zero-order chi connectivity index (χ0) is 17.9. The highest BCUT2D eigenvalue weighted by Crippen LogP contribution is 2.29. The van der Waals surface area contributed by atoms with Gasteiger partial charge in [0, 0.05) is 16.1 Å². The molecule has 25 heavy (non-hydrogen) atoms. The SMILES string of the molecule is FC(F)(F)COc1nc(-c2ccccc2)nnc1-c1ccc(Cl)cc1. The van der Waals surface area contributed by atoms with E-state index in [1.165, 1.54) is 0 Å². The third-order valence-electron chi connectivity index (χ3n) is 3.18. The molecule has 1 heterocycles. The summed E-state index contributed by atoms with van der Waals surface area (Å²) in [4.78, 5) is 4.12. The van der Waals surface area contributed by atoms with E-state index >= 15 is 0 Å². The van der Waals surface area contributed by atoms with Crippen molar-refractivity contribution in [3.05, 3.63) is 59.6 Å². The fourth-order valence-electron chi connectivity index (χ4n) is 2.06. The first-order chi connectivity index (χ1) is 11.9. The zero-order valence-electron chi connectivity index (χ0n) is 12.7. The van der Waals surface area contributed by atoms with Crippen LogP contribution in [0.5, 0.6) is 5.88 Å². The predicted molar refractivity (Wildman–Crippen MR) is 87.3 cm³/mol. The van der Waals surface area contributed by atoms with Gasteiger partial charge in [-0.1, -0.05) is 54.1 Å². The number of hydrogen-bond donors (Lipinski definition) is 0. The number of ether oxygens (including phenoxy) is 1. The molecule has 4 nitrogen and oxygen atoms in total. The third kappa shape index (κ3) is 4.45. The molecule has 3 rings (SSSR count). The van der Waals surface area contributed by atoms with E-state index < -0.39 is 12.8 Å². The maximum atomic E-state index is 12.5. The molecule has 128 valence electrons. The molecule has 8 heteroatoms. The second kappa shape index (κ2) is 7.06. The molecule has 2 aromatic carbocycles. The summed E-state index contributed by atoms with van der Waals surface area (Å²) in [6, 6.07) is 15.2. The smallest absolute Gasteiger partial charge is 0.422 e. The van der Waals surface area contributed by atoms with Gasteiger partial charge in [0.15, 0.2) is 18.1 Å². The van der Waals surface area contributed by atoms with Gasteiger partial charge in [-0.2, -0.15) is 18.2 Å². The molecule has 0 unspecified atom stereocenters. The van der Waals surface area contributed by atoms with Crippen LogP contribution >= 0.6 is 11.6 Å². The molecule has 0 saturated heterocycles. The summed E-state index contributed by atoms with van der Waals surface area (Å²) >= 11 is 5.83. The lowest BCUT2D eigenvalue weighted by molar-refractivity contribution is -0.154. The molecule has 3 aromatic rings. The highest BCUT2D eigenvalue weighted by Gasteiger charge is 2.29. The molecule has 0 aliphatic carbocycles. The molecule has 0 N–H and O–H groups in total. The average molecular weight is 366 g/mol. The zero-order valence-corrected chi connectivity index (χ0v) is 13.4. The van der Waals surface area contributed by atoms with E-state index in [1.807, 2.05) is 0 Å². The normalized spacial score (nSPS) is 11.4. The fourth-order valence-corrected chi connectivity index (χ4v) is 2.19. The molecular weight excluding hydrogens is 355 g/mol. The second-order valence-corrected chi connectivity index (χ2v) is 5.50. The van der Waals surface area contributed by atoms with Gasteiger partial charge in [0.1, 0.15) is 0 Å². The molecule has 0 atom stereocenters. The fraction of sp³-hybridized carbons (Fsp3) is 0.118. The minimum absolute atomic E-state index is 0.112. The molecule has 0 saturated carbocycles. The largest absolute Gasteiger partial charge is 0.466 e. The number of alkyl halides is 3. The monoisotopic (exact) mass is 365 g/mol. The highest BCUT2D eigenvalue weighted by molar-refractivity contribution is 6.30. The maximum Gasteiger partial charge on any atom is 0.422 e. The minimum Gasteiger partial charge on any atom is -0.466 e. The maximum absolute atomic E-state index is 12.5. The summed E-state index contributed by atoms with van der Waals surface area (Å²) in [6.07, 6.45) is -4.49. The van der Waals surface area contributed by atoms with Gasteiger partial charge in [0.2, 0.25) is 5.88 Å². The number of aromatic nitrogens is 3. The summed E-state index contributed by atoms with van der Waals surface area (Å²) < 4.78 is 42.5. The topological polar surface area (TPSA) is 47.9 Å². The average Bonchev–Trinajstić information content (AvgIpc) is 2.61. The van der Waals surface area contributed by atoms with Crippen LogP contribution in [0.3, 0.4) is 0 Å². The van der Waals surface area contributed by atoms with Crippen LogP contribution in [-0.2, 0) is 0 Å². The molecule has 1 aromatic heterocycles. The first-order valence-electron chi connectivity index (χ1n) is 7.18. The summed E-state index contributed by atoms with van der Waals surface area (Å²) in [5.74, 6) is -0.0658. The van der Waals surface area contributed by atoms with Gasteiger partial charge in [-0.3, -0.25) is 0 Å². The molecular formula is C17H11ClF3N3O. The Labute approximate surface area is 146 Å². The van der Waals surface area contributed by atoms with Gasteiger partial charge in [-0.25, -0.2) is 0 Å². The summed E-state index contributed by atoms with van der Waals surface area (Å²) in [7, 11) is 0. The lowest BCUT2D eigenvalue weighted by Gasteiger charge is -2.12. The molecule has 0 bridgehead atoms. The Kier molecular flexibility index (Phi) is 4.85. The number of nitrogens with zero attached hydrogens (tertiary/aromatic N) is 3. The van der Waals surface area contributed by atoms with Crippen LogP contribution in [0.1, 0.15) is 0 Å². The quantitative estimate of drug-likeness (QED) is 0.666. The predicted octanol–water partition coefficient (Wildman–Crippen LogP) is 4.80. The highest BCUT2D eigenvalue weighted by atomic mass is 35.5. The van der Waals surface area contributed by atoms with Crippen molar-refractivity contribution >= 4 is 11.6 Å². The van der Waals surface area contributed by atoms with E-state index in [4.69, 9.17) is 16.3 Å². The van der Waals surface area contributed by atoms with E-state index in [1.54, 1.807) is 54.6 Å². The van der Waals surface area contributed by atoms with E-state index in [-0.39, 0.29) is 17.4 Å². The van der Waals surface area contributed by atoms with Gasteiger partial charge in [0.25, 0.3) is 0 Å². The van der Waals surface area contributed by atoms with Crippen molar-refractivity contribution in [2.45, 2.75) is 6.18 Å². The Balaban J connectivity index is 2.03. The van der Waals surface area contributed by atoms with Crippen molar-refractivity contribution in [2.24, 2.45) is 0 Å². The Morgan fingerprint density at radius 2 is 1.56 bits per heavy atom. The van der Waals surface area contributed by atoms with Crippen LogP contribution in [0.4, 0.5) is 13.2 Å². The number of benzene rings is 2. The summed E-state index contributed by atoms with van der Waals surface area (Å²) in [5.41, 5.74) is 1.23. The van der Waals surface area contributed by atoms with E-state index in [9.17, 15) is 13.2 Å². The van der Waals surface area contributed by atoms with Crippen LogP contribution in [0, 0.1) is 0 Å². The molecule has 0 aliphatic rings. The second-order valence-electron chi connectivity index (χ2n) is 5.07. The Hall–Kier alpha value is -2.67. The van der Waals surface area contributed by atoms with E-state index in [2.05, 4.69) is 15.2 Å². The molecule has 0 spiro atoms. The summed E-state index contributed by atoms with van der Waals surface area (Å²) in [6.45, 7) is -1.47. The minimum atomic E-state index is -4.49. The van der Waals surface area contributed by atoms with Crippen molar-refractivity contribution < 1.29 is 17.9 Å². The van der Waals surface area contributed by atoms with Crippen LogP contribution in [0.15, 0.2) is 54.6 Å². The van der Waals surface area contributed by atoms with Crippen LogP contribution in [0.25, 0.3) is 22.6 Å². The number of rotatable bonds is 4. The van der Waals surface area contributed by atoms with E-state index in [0.717, 1.165) is 0 Å². The molecule has 0 fully saturated rings. The number of halogens is 4. The molecule has 0 aliphatic heterocycles. The van der Waals surface area contributed by atoms with Gasteiger partial charge in [-0.05, 0) is 12.1 Å². The first-order valence-corrected chi connectivity index (χ1v) is 7.56. The van der Waals surface area contributed by atoms with Crippen molar-refractivity contribution in [1.29, 1.82) is 0 Å². The van der Waals surface area contributed by atoms with Crippen LogP contribution < -0.4 is 4.74 Å². The summed E-state index contributed by atoms with van der Waals surface area (Å²) in [5, 5.41) is 8.49. The van der Waals surface area contributed by atoms with Crippen molar-refractivity contribution in [1.82, 2.24) is 15.2 Å². The molecule has 0 radical (unpaired) electrons. The standard InChI is InChI=1S/C17H11ClF3N3O/c18-13-8-6-11(7-9-13)14-16(25-10-17(19,20)21)22-15(24-23-14)12-4-2-1-3-5-12/h1-9H,10H2.